The van der Waals surface area contributed by atoms with Gasteiger partial charge in [0, 0.05) is 22.8 Å². The highest BCUT2D eigenvalue weighted by Crippen LogP contribution is 2.35. The first-order valence-electron chi connectivity index (χ1n) is 5.95. The third-order valence-corrected chi connectivity index (χ3v) is 4.48. The summed E-state index contributed by atoms with van der Waals surface area (Å²) in [6.45, 7) is 5.11. The van der Waals surface area contributed by atoms with E-state index in [0.29, 0.717) is 0 Å². The van der Waals surface area contributed by atoms with Crippen LogP contribution < -0.4 is 5.32 Å². The highest BCUT2D eigenvalue weighted by atomic mass is 35.5. The molecule has 96 valence electrons. The van der Waals surface area contributed by atoms with Crippen LogP contribution in [0.3, 0.4) is 0 Å². The molecule has 0 saturated heterocycles. The van der Waals surface area contributed by atoms with Crippen LogP contribution in [0.25, 0.3) is 0 Å². The van der Waals surface area contributed by atoms with E-state index in [4.69, 9.17) is 11.6 Å². The maximum absolute atomic E-state index is 6.36. The van der Waals surface area contributed by atoms with Crippen LogP contribution in [0, 0.1) is 6.92 Å². The number of aromatic nitrogens is 2. The number of rotatable bonds is 5. The Hall–Kier alpha value is -0.970. The van der Waals surface area contributed by atoms with Gasteiger partial charge in [0.05, 0.1) is 11.1 Å². The van der Waals surface area contributed by atoms with Crippen LogP contribution in [0.1, 0.15) is 35.4 Å². The molecule has 0 amide bonds. The van der Waals surface area contributed by atoms with Gasteiger partial charge in [0.25, 0.3) is 0 Å². The van der Waals surface area contributed by atoms with Crippen molar-refractivity contribution < 1.29 is 0 Å². The normalized spacial score (nSPS) is 12.6. The Balaban J connectivity index is 2.34. The maximum atomic E-state index is 6.36. The minimum absolute atomic E-state index is 0.0809. The predicted octanol–water partition coefficient (Wildman–Crippen LogP) is 3.59. The quantitative estimate of drug-likeness (QED) is 0.910. The van der Waals surface area contributed by atoms with Gasteiger partial charge in [-0.2, -0.15) is 0 Å². The van der Waals surface area contributed by atoms with Gasteiger partial charge >= 0.3 is 0 Å². The maximum Gasteiger partial charge on any atom is 0.115 e. The largest absolute Gasteiger partial charge is 0.305 e. The number of hydrogen-bond donors (Lipinski definition) is 1. The van der Waals surface area contributed by atoms with Crippen LogP contribution >= 0.6 is 22.9 Å². The first-order chi connectivity index (χ1) is 8.74. The molecule has 2 aromatic rings. The van der Waals surface area contributed by atoms with Gasteiger partial charge in [0.15, 0.2) is 0 Å². The van der Waals surface area contributed by atoms with Crippen LogP contribution in [-0.2, 0) is 0 Å². The highest BCUT2D eigenvalue weighted by Gasteiger charge is 2.19. The molecular formula is C13H16ClN3S. The first-order valence-corrected chi connectivity index (χ1v) is 7.21. The molecule has 1 atom stereocenters. The molecule has 0 spiro atoms. The van der Waals surface area contributed by atoms with E-state index in [1.54, 1.807) is 17.7 Å². The van der Waals surface area contributed by atoms with E-state index in [0.717, 1.165) is 34.0 Å². The molecule has 0 saturated carbocycles. The minimum atomic E-state index is 0.0809. The molecule has 0 aliphatic rings. The van der Waals surface area contributed by atoms with Crippen molar-refractivity contribution in [3.05, 3.63) is 45.1 Å². The Morgan fingerprint density at radius 1 is 1.39 bits per heavy atom. The van der Waals surface area contributed by atoms with Gasteiger partial charge in [-0.15, -0.1) is 11.3 Å². The molecule has 0 radical (unpaired) electrons. The summed E-state index contributed by atoms with van der Waals surface area (Å²) in [6, 6.07) is 0.0809. The van der Waals surface area contributed by atoms with Crippen LogP contribution in [0.5, 0.6) is 0 Å². The summed E-state index contributed by atoms with van der Waals surface area (Å²) >= 11 is 8.04. The van der Waals surface area contributed by atoms with Crippen molar-refractivity contribution in [2.24, 2.45) is 0 Å². The Bertz CT molecular complexity index is 498. The molecule has 0 aliphatic heterocycles. The highest BCUT2D eigenvalue weighted by molar-refractivity contribution is 7.10. The zero-order valence-corrected chi connectivity index (χ0v) is 12.1. The van der Waals surface area contributed by atoms with Gasteiger partial charge in [0.2, 0.25) is 0 Å². The topological polar surface area (TPSA) is 37.8 Å². The molecule has 0 aliphatic carbocycles. The fourth-order valence-electron chi connectivity index (χ4n) is 1.75. The number of hydrogen-bond acceptors (Lipinski definition) is 4. The SMILES string of the molecule is CCCNC(c1cncnc1)c1scc(C)c1Cl. The lowest BCUT2D eigenvalue weighted by molar-refractivity contribution is 0.602. The fraction of sp³-hybridized carbons (Fsp3) is 0.385. The monoisotopic (exact) mass is 281 g/mol. The molecular weight excluding hydrogens is 266 g/mol. The number of nitrogens with zero attached hydrogens (tertiary/aromatic N) is 2. The Labute approximate surface area is 116 Å². The van der Waals surface area contributed by atoms with Crippen LogP contribution in [0.2, 0.25) is 5.02 Å². The van der Waals surface area contributed by atoms with Gasteiger partial charge in [-0.05, 0) is 30.8 Å². The van der Waals surface area contributed by atoms with Crippen molar-refractivity contribution >= 4 is 22.9 Å². The average Bonchev–Trinajstić information content (AvgIpc) is 2.73. The van der Waals surface area contributed by atoms with E-state index in [2.05, 4.69) is 27.6 Å². The molecule has 3 nitrogen and oxygen atoms in total. The van der Waals surface area contributed by atoms with Gasteiger partial charge in [-0.25, -0.2) is 9.97 Å². The zero-order valence-electron chi connectivity index (χ0n) is 10.5. The Morgan fingerprint density at radius 3 is 2.67 bits per heavy atom. The zero-order chi connectivity index (χ0) is 13.0. The smallest absolute Gasteiger partial charge is 0.115 e. The first kappa shape index (κ1) is 13.5. The summed E-state index contributed by atoms with van der Waals surface area (Å²) in [5.41, 5.74) is 2.17. The second-order valence-corrected chi connectivity index (χ2v) is 5.45. The molecule has 0 bridgehead atoms. The molecule has 0 fully saturated rings. The number of halogens is 1. The number of thiophene rings is 1. The van der Waals surface area contributed by atoms with Crippen molar-refractivity contribution in [3.63, 3.8) is 0 Å². The second-order valence-electron chi connectivity index (χ2n) is 4.16. The molecule has 18 heavy (non-hydrogen) atoms. The molecule has 1 unspecified atom stereocenters. The van der Waals surface area contributed by atoms with Gasteiger partial charge < -0.3 is 5.32 Å². The van der Waals surface area contributed by atoms with Crippen molar-refractivity contribution in [2.75, 3.05) is 6.54 Å². The van der Waals surface area contributed by atoms with Crippen LogP contribution in [-0.4, -0.2) is 16.5 Å². The van der Waals surface area contributed by atoms with E-state index in [-0.39, 0.29) is 6.04 Å². The summed E-state index contributed by atoms with van der Waals surface area (Å²) in [6.07, 6.45) is 6.30. The van der Waals surface area contributed by atoms with Crippen LogP contribution in [0.15, 0.2) is 24.1 Å². The van der Waals surface area contributed by atoms with Crippen molar-refractivity contribution in [1.29, 1.82) is 0 Å². The summed E-state index contributed by atoms with van der Waals surface area (Å²) < 4.78 is 0. The third-order valence-electron chi connectivity index (χ3n) is 2.70. The fourth-order valence-corrected chi connectivity index (χ4v) is 3.16. The van der Waals surface area contributed by atoms with Crippen molar-refractivity contribution in [2.45, 2.75) is 26.3 Å². The van der Waals surface area contributed by atoms with E-state index in [9.17, 15) is 0 Å². The summed E-state index contributed by atoms with van der Waals surface area (Å²) in [4.78, 5) is 9.31. The molecule has 2 aromatic heterocycles. The molecule has 2 rings (SSSR count). The van der Waals surface area contributed by atoms with Gasteiger partial charge in [-0.1, -0.05) is 18.5 Å². The summed E-state index contributed by atoms with van der Waals surface area (Å²) in [5.74, 6) is 0. The van der Waals surface area contributed by atoms with Gasteiger partial charge in [-0.3, -0.25) is 0 Å². The van der Waals surface area contributed by atoms with Crippen LogP contribution in [0.4, 0.5) is 0 Å². The Kier molecular flexibility index (Phi) is 4.69. The van der Waals surface area contributed by atoms with E-state index >= 15 is 0 Å². The minimum Gasteiger partial charge on any atom is -0.305 e. The molecule has 2 heterocycles. The lowest BCUT2D eigenvalue weighted by atomic mass is 10.1. The third kappa shape index (κ3) is 2.88. The van der Waals surface area contributed by atoms with Crippen molar-refractivity contribution in [3.8, 4) is 0 Å². The molecule has 1 N–H and O–H groups in total. The molecule has 0 aromatic carbocycles. The molecule has 5 heteroatoms. The number of nitrogens with one attached hydrogen (secondary N) is 1. The average molecular weight is 282 g/mol. The lowest BCUT2D eigenvalue weighted by Gasteiger charge is -2.17. The van der Waals surface area contributed by atoms with E-state index in [1.165, 1.54) is 0 Å². The summed E-state index contributed by atoms with van der Waals surface area (Å²) in [7, 11) is 0. The Morgan fingerprint density at radius 2 is 2.11 bits per heavy atom. The lowest BCUT2D eigenvalue weighted by Crippen LogP contribution is -2.23. The van der Waals surface area contributed by atoms with E-state index < -0.39 is 0 Å². The number of aryl methyl sites for hydroxylation is 1. The summed E-state index contributed by atoms with van der Waals surface area (Å²) in [5, 5.41) is 6.43. The predicted molar refractivity (Wildman–Crippen MR) is 76.2 cm³/mol. The van der Waals surface area contributed by atoms with Crippen molar-refractivity contribution in [1.82, 2.24) is 15.3 Å². The standard InChI is InChI=1S/C13H16ClN3S/c1-3-4-17-12(10-5-15-8-16-6-10)13-11(14)9(2)7-18-13/h5-8,12,17H,3-4H2,1-2H3. The van der Waals surface area contributed by atoms with E-state index in [1.807, 2.05) is 19.3 Å². The second kappa shape index (κ2) is 6.27. The van der Waals surface area contributed by atoms with Gasteiger partial charge in [0.1, 0.15) is 6.33 Å².